The van der Waals surface area contributed by atoms with E-state index in [1.807, 2.05) is 42.5 Å². The fraction of sp³-hybridized carbons (Fsp3) is 0. The van der Waals surface area contributed by atoms with Crippen molar-refractivity contribution in [1.82, 2.24) is 5.64 Å². The molecule has 3 aromatic rings. The van der Waals surface area contributed by atoms with Crippen LogP contribution in [0.15, 0.2) is 59.1 Å². The van der Waals surface area contributed by atoms with Gasteiger partial charge in [0, 0.05) is 33.3 Å². The van der Waals surface area contributed by atoms with Crippen molar-refractivity contribution in [3.63, 3.8) is 0 Å². The van der Waals surface area contributed by atoms with Crippen molar-refractivity contribution in [1.29, 1.82) is 0 Å². The number of fused-ring (bicyclic) bond motifs is 2. The van der Waals surface area contributed by atoms with E-state index in [4.69, 9.17) is 9.68 Å². The van der Waals surface area contributed by atoms with E-state index in [-0.39, 0.29) is 5.91 Å². The van der Waals surface area contributed by atoms with Crippen molar-refractivity contribution in [3.05, 3.63) is 64.6 Å². The molecule has 2 N–H and O–H groups in total. The van der Waals surface area contributed by atoms with Crippen molar-refractivity contribution in [2.45, 2.75) is 0 Å². The first-order valence-electron chi connectivity index (χ1n) is 6.94. The van der Waals surface area contributed by atoms with Crippen LogP contribution in [-0.2, 0) is 0 Å². The summed E-state index contributed by atoms with van der Waals surface area (Å²) in [6.07, 6.45) is 0. The highest BCUT2D eigenvalue weighted by Crippen LogP contribution is 2.36. The van der Waals surface area contributed by atoms with Crippen LogP contribution in [0.2, 0.25) is 0 Å². The largest absolute Gasteiger partial charge is 0.370 e. The molecule has 0 fully saturated rings. The van der Waals surface area contributed by atoms with Gasteiger partial charge in [0.1, 0.15) is 0 Å². The Morgan fingerprint density at radius 3 is 2.61 bits per heavy atom. The van der Waals surface area contributed by atoms with Crippen LogP contribution in [0.4, 0.5) is 5.69 Å². The molecule has 23 heavy (non-hydrogen) atoms. The first-order valence-corrected chi connectivity index (χ1v) is 7.73. The summed E-state index contributed by atoms with van der Waals surface area (Å²) < 4.78 is 0.626. The van der Waals surface area contributed by atoms with Gasteiger partial charge in [0.2, 0.25) is 0 Å². The molecule has 0 radical (unpaired) electrons. The van der Waals surface area contributed by atoms with E-state index in [2.05, 4.69) is 26.9 Å². The molecule has 3 aromatic carbocycles. The molecule has 114 valence electrons. The summed E-state index contributed by atoms with van der Waals surface area (Å²) in [6, 6.07) is 17.0. The van der Waals surface area contributed by atoms with Crippen LogP contribution in [0.5, 0.6) is 11.5 Å². The second-order valence-electron chi connectivity index (χ2n) is 5.05. The number of halogens is 1. The summed E-state index contributed by atoms with van der Waals surface area (Å²) in [6.45, 7) is 0. The molecule has 0 aliphatic carbocycles. The molecule has 0 spiro atoms. The molecule has 0 atom stereocenters. The highest BCUT2D eigenvalue weighted by molar-refractivity contribution is 9.10. The Morgan fingerprint density at radius 2 is 1.74 bits per heavy atom. The minimum Gasteiger partial charge on any atom is -0.370 e. The zero-order valence-corrected chi connectivity index (χ0v) is 13.4. The van der Waals surface area contributed by atoms with Crippen LogP contribution in [-0.4, -0.2) is 5.91 Å². The van der Waals surface area contributed by atoms with E-state index in [1.165, 1.54) is 0 Å². The summed E-state index contributed by atoms with van der Waals surface area (Å²) in [4.78, 5) is 22.8. The lowest BCUT2D eigenvalue weighted by molar-refractivity contribution is 0.0259. The first kappa shape index (κ1) is 14.0. The van der Waals surface area contributed by atoms with Gasteiger partial charge in [0.15, 0.2) is 11.5 Å². The second-order valence-corrected chi connectivity index (χ2v) is 5.90. The van der Waals surface area contributed by atoms with Gasteiger partial charge in [0.05, 0.1) is 5.56 Å². The van der Waals surface area contributed by atoms with E-state index in [0.717, 1.165) is 16.5 Å². The van der Waals surface area contributed by atoms with Gasteiger partial charge in [-0.3, -0.25) is 4.79 Å². The summed E-state index contributed by atoms with van der Waals surface area (Å²) in [5.41, 5.74) is 3.52. The number of amides is 1. The molecular formula is C17H11BrN2O3. The minimum absolute atomic E-state index is 0.230. The van der Waals surface area contributed by atoms with E-state index < -0.39 is 0 Å². The van der Waals surface area contributed by atoms with Gasteiger partial charge in [-0.1, -0.05) is 36.4 Å². The fourth-order valence-corrected chi connectivity index (χ4v) is 3.01. The Bertz CT molecular complexity index is 922. The second kappa shape index (κ2) is 5.57. The number of benzene rings is 3. The third kappa shape index (κ3) is 2.52. The maximum absolute atomic E-state index is 12.6. The summed E-state index contributed by atoms with van der Waals surface area (Å²) in [5, 5.41) is 5.00. The smallest absolute Gasteiger partial charge is 0.256 e. The molecule has 1 amide bonds. The molecule has 1 aliphatic heterocycles. The number of hydrogen-bond donors (Lipinski definition) is 2. The van der Waals surface area contributed by atoms with E-state index in [0.29, 0.717) is 21.5 Å². The number of anilines is 1. The summed E-state index contributed by atoms with van der Waals surface area (Å²) >= 11 is 3.39. The standard InChI is InChI=1S/C17H11BrN2O3/c18-13-9-16-15(22-20-23-16)8-12(13)17(21)19-14-7-3-5-10-4-1-2-6-11(10)14/h1-9,20H,(H,19,21). The number of carbonyl (C=O) groups excluding carboxylic acids is 1. The maximum atomic E-state index is 12.6. The molecule has 6 heteroatoms. The summed E-state index contributed by atoms with van der Waals surface area (Å²) in [7, 11) is 0. The van der Waals surface area contributed by atoms with Gasteiger partial charge in [0.25, 0.3) is 5.91 Å². The average molecular weight is 371 g/mol. The van der Waals surface area contributed by atoms with Crippen LogP contribution in [0.3, 0.4) is 0 Å². The molecule has 0 saturated carbocycles. The van der Waals surface area contributed by atoms with Gasteiger partial charge in [-0.25, -0.2) is 0 Å². The van der Waals surface area contributed by atoms with Gasteiger partial charge in [-0.05, 0) is 27.4 Å². The summed E-state index contributed by atoms with van der Waals surface area (Å²) in [5.74, 6) is 0.765. The SMILES string of the molecule is O=C(Nc1cccc2ccccc12)c1cc2c(cc1Br)ONO2. The average Bonchev–Trinajstić information content (AvgIpc) is 3.01. The Hall–Kier alpha value is -2.57. The first-order chi connectivity index (χ1) is 11.2. The van der Waals surface area contributed by atoms with Crippen molar-refractivity contribution < 1.29 is 14.5 Å². The lowest BCUT2D eigenvalue weighted by Gasteiger charge is -2.10. The predicted octanol–water partition coefficient (Wildman–Crippen LogP) is 4.05. The van der Waals surface area contributed by atoms with Crippen LogP contribution >= 0.6 is 15.9 Å². The highest BCUT2D eigenvalue weighted by atomic mass is 79.9. The Labute approximate surface area is 140 Å². The zero-order valence-electron chi connectivity index (χ0n) is 11.8. The molecule has 4 rings (SSSR count). The van der Waals surface area contributed by atoms with Gasteiger partial charge in [-0.2, -0.15) is 0 Å². The minimum atomic E-state index is -0.230. The number of carbonyl (C=O) groups is 1. The van der Waals surface area contributed by atoms with Crippen LogP contribution < -0.4 is 20.6 Å². The molecule has 0 unspecified atom stereocenters. The molecule has 0 saturated heterocycles. The van der Waals surface area contributed by atoms with Crippen LogP contribution in [0.25, 0.3) is 10.8 Å². The molecule has 0 bridgehead atoms. The topological polar surface area (TPSA) is 59.6 Å². The van der Waals surface area contributed by atoms with E-state index >= 15 is 0 Å². The Morgan fingerprint density at radius 1 is 1.00 bits per heavy atom. The van der Waals surface area contributed by atoms with Gasteiger partial charge in [-0.15, -0.1) is 0 Å². The third-order valence-electron chi connectivity index (χ3n) is 3.62. The molecular weight excluding hydrogens is 360 g/mol. The van der Waals surface area contributed by atoms with Crippen molar-refractivity contribution in [3.8, 4) is 11.5 Å². The quantitative estimate of drug-likeness (QED) is 0.714. The van der Waals surface area contributed by atoms with Crippen molar-refractivity contribution >= 4 is 38.3 Å². The lowest BCUT2D eigenvalue weighted by Crippen LogP contribution is -2.14. The maximum Gasteiger partial charge on any atom is 0.256 e. The lowest BCUT2D eigenvalue weighted by atomic mass is 10.1. The number of rotatable bonds is 2. The Kier molecular flexibility index (Phi) is 3.40. The fourth-order valence-electron chi connectivity index (χ4n) is 2.50. The van der Waals surface area contributed by atoms with Gasteiger partial charge < -0.3 is 15.0 Å². The number of nitrogens with one attached hydrogen (secondary N) is 2. The van der Waals surface area contributed by atoms with E-state index in [9.17, 15) is 4.79 Å². The monoisotopic (exact) mass is 370 g/mol. The third-order valence-corrected chi connectivity index (χ3v) is 4.28. The highest BCUT2D eigenvalue weighted by Gasteiger charge is 2.21. The van der Waals surface area contributed by atoms with Crippen LogP contribution in [0.1, 0.15) is 10.4 Å². The molecule has 0 aromatic heterocycles. The van der Waals surface area contributed by atoms with Crippen molar-refractivity contribution in [2.24, 2.45) is 0 Å². The molecule has 1 aliphatic rings. The van der Waals surface area contributed by atoms with Gasteiger partial charge >= 0.3 is 0 Å². The molecule has 1 heterocycles. The molecule has 5 nitrogen and oxygen atoms in total. The Balaban J connectivity index is 1.70. The van der Waals surface area contributed by atoms with E-state index in [1.54, 1.807) is 12.1 Å². The normalized spacial score (nSPS) is 12.4. The van der Waals surface area contributed by atoms with Crippen LogP contribution in [0, 0.1) is 0 Å². The number of hydrogen-bond acceptors (Lipinski definition) is 4. The zero-order chi connectivity index (χ0) is 15.8. The van der Waals surface area contributed by atoms with Crippen molar-refractivity contribution in [2.75, 3.05) is 5.32 Å². The predicted molar refractivity (Wildman–Crippen MR) is 90.4 cm³/mol.